The molecule has 0 aliphatic carbocycles. The van der Waals surface area contributed by atoms with Gasteiger partial charge in [0.05, 0.1) is 16.7 Å². The average Bonchev–Trinajstić information content (AvgIpc) is 2.47. The molecule has 0 bridgehead atoms. The smallest absolute Gasteiger partial charge is 0.225 e. The number of nitriles is 1. The number of nitrogens with one attached hydrogen (secondary N) is 1. The molecule has 1 amide bonds. The van der Waals surface area contributed by atoms with Crippen LogP contribution in [-0.4, -0.2) is 11.7 Å². The second-order valence-corrected chi connectivity index (χ2v) is 5.96. The molecule has 1 atom stereocenters. The monoisotopic (exact) mass is 286 g/mol. The van der Waals surface area contributed by atoms with Gasteiger partial charge in [0.15, 0.2) is 0 Å². The molecule has 0 radical (unpaired) electrons. The first kappa shape index (κ1) is 14.7. The van der Waals surface area contributed by atoms with E-state index in [9.17, 15) is 10.1 Å². The van der Waals surface area contributed by atoms with E-state index in [2.05, 4.69) is 30.4 Å². The normalized spacial score (nSPS) is 18.6. The van der Waals surface area contributed by atoms with Gasteiger partial charge < -0.3 is 5.32 Å². The van der Waals surface area contributed by atoms with Gasteiger partial charge in [-0.15, -0.1) is 11.8 Å². The Kier molecular flexibility index (Phi) is 4.86. The van der Waals surface area contributed by atoms with Gasteiger partial charge in [-0.3, -0.25) is 4.79 Å². The zero-order valence-electron chi connectivity index (χ0n) is 11.8. The van der Waals surface area contributed by atoms with E-state index in [0.29, 0.717) is 12.0 Å². The van der Waals surface area contributed by atoms with Gasteiger partial charge in [-0.1, -0.05) is 38.1 Å². The highest BCUT2D eigenvalue weighted by Crippen LogP contribution is 2.35. The van der Waals surface area contributed by atoms with E-state index >= 15 is 0 Å². The van der Waals surface area contributed by atoms with E-state index in [1.54, 1.807) is 0 Å². The summed E-state index contributed by atoms with van der Waals surface area (Å²) in [5, 5.41) is 13.0. The van der Waals surface area contributed by atoms with Crippen LogP contribution in [0.15, 0.2) is 34.9 Å². The zero-order valence-corrected chi connectivity index (χ0v) is 12.6. The molecule has 1 aliphatic rings. The molecule has 0 fully saturated rings. The lowest BCUT2D eigenvalue weighted by atomic mass is 9.86. The first-order valence-corrected chi connectivity index (χ1v) is 7.83. The molecule has 104 valence electrons. The molecule has 0 spiro atoms. The van der Waals surface area contributed by atoms with Gasteiger partial charge in [0.2, 0.25) is 5.91 Å². The van der Waals surface area contributed by atoms with Crippen LogP contribution < -0.4 is 5.32 Å². The Balaban J connectivity index is 2.39. The molecule has 1 N–H and O–H groups in total. The number of hydrogen-bond donors (Lipinski definition) is 1. The van der Waals surface area contributed by atoms with Crippen LogP contribution in [0.1, 0.15) is 37.3 Å². The summed E-state index contributed by atoms with van der Waals surface area (Å²) in [4.78, 5) is 11.8. The Morgan fingerprint density at radius 3 is 2.60 bits per heavy atom. The summed E-state index contributed by atoms with van der Waals surface area (Å²) in [6.45, 7) is 4.12. The quantitative estimate of drug-likeness (QED) is 0.923. The van der Waals surface area contributed by atoms with E-state index < -0.39 is 0 Å². The minimum atomic E-state index is -0.117. The Labute approximate surface area is 124 Å². The van der Waals surface area contributed by atoms with Gasteiger partial charge in [-0.05, 0) is 23.3 Å². The van der Waals surface area contributed by atoms with Crippen molar-refractivity contribution in [3.63, 3.8) is 0 Å². The highest BCUT2D eigenvalue weighted by atomic mass is 32.2. The van der Waals surface area contributed by atoms with Crippen LogP contribution in [0.3, 0.4) is 0 Å². The number of carbonyl (C=O) groups is 1. The molecule has 1 heterocycles. The van der Waals surface area contributed by atoms with E-state index in [1.165, 1.54) is 17.3 Å². The van der Waals surface area contributed by atoms with Gasteiger partial charge in [-0.2, -0.15) is 5.26 Å². The number of hydrogen-bond acceptors (Lipinski definition) is 3. The van der Waals surface area contributed by atoms with E-state index in [4.69, 9.17) is 0 Å². The number of carbonyl (C=O) groups excluding carboxylic acids is 1. The number of benzene rings is 1. The maximum atomic E-state index is 11.8. The van der Waals surface area contributed by atoms with Crippen LogP contribution in [0, 0.1) is 11.3 Å². The fourth-order valence-corrected chi connectivity index (χ4v) is 3.17. The predicted octanol–water partition coefficient (Wildman–Crippen LogP) is 3.34. The second kappa shape index (κ2) is 6.62. The summed E-state index contributed by atoms with van der Waals surface area (Å²) in [5.41, 5.74) is 2.99. The number of allylic oxidation sites excluding steroid dienone is 1. The topological polar surface area (TPSA) is 52.9 Å². The maximum absolute atomic E-state index is 11.8. The lowest BCUT2D eigenvalue weighted by Gasteiger charge is -2.25. The van der Waals surface area contributed by atoms with Gasteiger partial charge in [-0.25, -0.2) is 0 Å². The third-order valence-electron chi connectivity index (χ3n) is 3.44. The van der Waals surface area contributed by atoms with Crippen molar-refractivity contribution in [3.05, 3.63) is 46.0 Å². The molecule has 3 nitrogen and oxygen atoms in total. The number of rotatable bonds is 4. The molecule has 0 saturated heterocycles. The van der Waals surface area contributed by atoms with E-state index in [-0.39, 0.29) is 11.8 Å². The van der Waals surface area contributed by atoms with Crippen molar-refractivity contribution in [2.75, 3.05) is 5.75 Å². The number of nitrogens with zero attached hydrogens (tertiary/aromatic N) is 1. The van der Waals surface area contributed by atoms with Gasteiger partial charge >= 0.3 is 0 Å². The van der Waals surface area contributed by atoms with Crippen molar-refractivity contribution >= 4 is 17.7 Å². The summed E-state index contributed by atoms with van der Waals surface area (Å²) in [6, 6.07) is 10.5. The molecule has 4 heteroatoms. The number of amides is 1. The first-order chi connectivity index (χ1) is 9.69. The van der Waals surface area contributed by atoms with Gasteiger partial charge in [0.1, 0.15) is 0 Å². The Bertz CT molecular complexity index is 569. The van der Waals surface area contributed by atoms with Crippen molar-refractivity contribution in [1.82, 2.24) is 5.32 Å². The minimum Gasteiger partial charge on any atom is -0.320 e. The van der Waals surface area contributed by atoms with Crippen LogP contribution in [0.5, 0.6) is 0 Å². The molecule has 0 unspecified atom stereocenters. The molecule has 20 heavy (non-hydrogen) atoms. The molecule has 1 aromatic carbocycles. The lowest BCUT2D eigenvalue weighted by Crippen LogP contribution is -2.30. The van der Waals surface area contributed by atoms with E-state index in [1.807, 2.05) is 19.1 Å². The summed E-state index contributed by atoms with van der Waals surface area (Å²) in [6.07, 6.45) is 1.34. The lowest BCUT2D eigenvalue weighted by molar-refractivity contribution is -0.120. The van der Waals surface area contributed by atoms with Gasteiger partial charge in [0, 0.05) is 12.3 Å². The second-order valence-electron chi connectivity index (χ2n) is 4.69. The molecular weight excluding hydrogens is 268 g/mol. The van der Waals surface area contributed by atoms with Crippen molar-refractivity contribution in [2.24, 2.45) is 0 Å². The predicted molar refractivity (Wildman–Crippen MR) is 82.1 cm³/mol. The van der Waals surface area contributed by atoms with Crippen molar-refractivity contribution in [1.29, 1.82) is 5.26 Å². The van der Waals surface area contributed by atoms with Crippen LogP contribution in [-0.2, 0) is 11.2 Å². The molecular formula is C16H18N2OS. The Morgan fingerprint density at radius 2 is 2.05 bits per heavy atom. The van der Waals surface area contributed by atoms with Crippen molar-refractivity contribution in [3.8, 4) is 6.07 Å². The van der Waals surface area contributed by atoms with Crippen molar-refractivity contribution in [2.45, 2.75) is 32.6 Å². The molecule has 0 saturated carbocycles. The molecule has 0 aromatic heterocycles. The minimum absolute atomic E-state index is 0.00971. The molecule has 1 aromatic rings. The van der Waals surface area contributed by atoms with Crippen LogP contribution in [0.2, 0.25) is 0 Å². The number of aryl methyl sites for hydroxylation is 1. The average molecular weight is 286 g/mol. The SMILES string of the molecule is CCSC1=C(C#N)[C@@H](c2ccc(CC)cc2)CC(=O)N1. The fourth-order valence-electron chi connectivity index (χ4n) is 2.35. The largest absolute Gasteiger partial charge is 0.320 e. The van der Waals surface area contributed by atoms with E-state index in [0.717, 1.165) is 22.8 Å². The van der Waals surface area contributed by atoms with Crippen molar-refractivity contribution < 1.29 is 4.79 Å². The number of thioether (sulfide) groups is 1. The standard InChI is InChI=1S/C16H18N2OS/c1-3-11-5-7-12(8-6-11)13-9-15(19)18-16(20-4-2)14(13)10-17/h5-8,13H,3-4,9H2,1-2H3,(H,18,19)/t13-/m1/s1. The first-order valence-electron chi connectivity index (χ1n) is 6.85. The third kappa shape index (κ3) is 3.05. The fraction of sp³-hybridized carbons (Fsp3) is 0.375. The summed E-state index contributed by atoms with van der Waals surface area (Å²) in [5.74, 6) is 0.709. The highest BCUT2D eigenvalue weighted by molar-refractivity contribution is 8.03. The summed E-state index contributed by atoms with van der Waals surface area (Å²) in [7, 11) is 0. The third-order valence-corrected chi connectivity index (χ3v) is 4.33. The van der Waals surface area contributed by atoms with Crippen LogP contribution in [0.4, 0.5) is 0 Å². The molecule has 1 aliphatic heterocycles. The van der Waals surface area contributed by atoms with Crippen LogP contribution >= 0.6 is 11.8 Å². The maximum Gasteiger partial charge on any atom is 0.225 e. The summed E-state index contributed by atoms with van der Waals surface area (Å²) >= 11 is 1.52. The Morgan fingerprint density at radius 1 is 1.35 bits per heavy atom. The van der Waals surface area contributed by atoms with Gasteiger partial charge in [0.25, 0.3) is 0 Å². The zero-order chi connectivity index (χ0) is 14.5. The van der Waals surface area contributed by atoms with Crippen LogP contribution in [0.25, 0.3) is 0 Å². The molecule has 2 rings (SSSR count). The summed E-state index contributed by atoms with van der Waals surface area (Å²) < 4.78 is 0. The Hall–Kier alpha value is -1.73. The highest BCUT2D eigenvalue weighted by Gasteiger charge is 2.29.